The van der Waals surface area contributed by atoms with Gasteiger partial charge in [-0.1, -0.05) is 36.9 Å². The first-order chi connectivity index (χ1) is 10.3. The number of aromatic nitrogens is 3. The van der Waals surface area contributed by atoms with Gasteiger partial charge in [-0.25, -0.2) is 9.97 Å². The maximum absolute atomic E-state index is 4.63. The van der Waals surface area contributed by atoms with Gasteiger partial charge in [-0.15, -0.1) is 0 Å². The Labute approximate surface area is 128 Å². The molecule has 0 aliphatic carbocycles. The number of rotatable bonds is 5. The summed E-state index contributed by atoms with van der Waals surface area (Å²) in [5.74, 6) is 1.76. The highest BCUT2D eigenvalue weighted by molar-refractivity contribution is 7.99. The Morgan fingerprint density at radius 3 is 2.81 bits per heavy atom. The number of nitrogens with one attached hydrogen (secondary N) is 2. The zero-order chi connectivity index (χ0) is 14.7. The first kappa shape index (κ1) is 13.9. The number of benzene rings is 1. The molecule has 0 aliphatic rings. The molecule has 0 spiro atoms. The molecule has 0 amide bonds. The van der Waals surface area contributed by atoms with Crippen molar-refractivity contribution in [3.8, 4) is 0 Å². The summed E-state index contributed by atoms with van der Waals surface area (Å²) in [6.07, 6.45) is 1.94. The summed E-state index contributed by atoms with van der Waals surface area (Å²) in [4.78, 5) is 12.5. The van der Waals surface area contributed by atoms with Crippen LogP contribution in [0.4, 0.5) is 5.82 Å². The van der Waals surface area contributed by atoms with Gasteiger partial charge in [0.05, 0.1) is 5.03 Å². The van der Waals surface area contributed by atoms with Crippen LogP contribution in [0.1, 0.15) is 19.2 Å². The van der Waals surface area contributed by atoms with E-state index in [2.05, 4.69) is 45.4 Å². The fourth-order valence-corrected chi connectivity index (χ4v) is 3.10. The normalized spacial score (nSPS) is 11.0. The van der Waals surface area contributed by atoms with Crippen molar-refractivity contribution in [1.29, 1.82) is 0 Å². The molecule has 5 heteroatoms. The van der Waals surface area contributed by atoms with E-state index in [1.807, 2.05) is 25.2 Å². The fraction of sp³-hybridized carbons (Fsp3) is 0.250. The van der Waals surface area contributed by atoms with E-state index in [1.54, 1.807) is 11.8 Å². The first-order valence-electron chi connectivity index (χ1n) is 7.10. The van der Waals surface area contributed by atoms with Crippen LogP contribution in [0, 0.1) is 0 Å². The van der Waals surface area contributed by atoms with E-state index in [0.29, 0.717) is 0 Å². The number of aromatic amines is 1. The Hall–Kier alpha value is -2.01. The lowest BCUT2D eigenvalue weighted by Gasteiger charge is -2.06. The molecule has 4 nitrogen and oxygen atoms in total. The monoisotopic (exact) mass is 298 g/mol. The summed E-state index contributed by atoms with van der Waals surface area (Å²) in [7, 11) is 1.88. The third-order valence-corrected chi connectivity index (χ3v) is 4.06. The Morgan fingerprint density at radius 2 is 2.05 bits per heavy atom. The van der Waals surface area contributed by atoms with Crippen LogP contribution < -0.4 is 5.32 Å². The van der Waals surface area contributed by atoms with Crippen LogP contribution in [0.5, 0.6) is 0 Å². The Kier molecular flexibility index (Phi) is 4.10. The number of hydrogen-bond acceptors (Lipinski definition) is 4. The highest BCUT2D eigenvalue weighted by Gasteiger charge is 2.07. The summed E-state index contributed by atoms with van der Waals surface area (Å²) in [5, 5.41) is 6.38. The van der Waals surface area contributed by atoms with E-state index in [1.165, 1.54) is 5.39 Å². The minimum atomic E-state index is 0.868. The summed E-state index contributed by atoms with van der Waals surface area (Å²) in [6, 6.07) is 12.4. The maximum Gasteiger partial charge on any atom is 0.132 e. The van der Waals surface area contributed by atoms with Crippen molar-refractivity contribution in [2.24, 2.45) is 0 Å². The third kappa shape index (κ3) is 3.19. The summed E-state index contributed by atoms with van der Waals surface area (Å²) < 4.78 is 0. The summed E-state index contributed by atoms with van der Waals surface area (Å²) in [5.41, 5.74) is 1.15. The number of nitrogens with zero attached hydrogens (tertiary/aromatic N) is 2. The molecule has 0 saturated carbocycles. The second kappa shape index (κ2) is 6.18. The second-order valence-electron chi connectivity index (χ2n) is 4.83. The molecule has 0 fully saturated rings. The topological polar surface area (TPSA) is 53.6 Å². The molecule has 0 saturated heterocycles. The molecule has 2 aromatic heterocycles. The first-order valence-corrected chi connectivity index (χ1v) is 7.91. The summed E-state index contributed by atoms with van der Waals surface area (Å²) in [6.45, 7) is 2.14. The van der Waals surface area contributed by atoms with E-state index in [-0.39, 0.29) is 0 Å². The molecule has 0 radical (unpaired) electrons. The molecule has 21 heavy (non-hydrogen) atoms. The van der Waals surface area contributed by atoms with Crippen LogP contribution >= 0.6 is 11.8 Å². The number of aryl methyl sites for hydroxylation is 1. The van der Waals surface area contributed by atoms with Gasteiger partial charge < -0.3 is 10.3 Å². The SMILES string of the molecule is CCCc1nc(NC)cc(Sc2cc3ccccc3[nH]2)n1. The molecular formula is C16H18N4S. The van der Waals surface area contributed by atoms with Gasteiger partial charge in [0, 0.05) is 30.4 Å². The van der Waals surface area contributed by atoms with Crippen molar-refractivity contribution in [2.45, 2.75) is 29.8 Å². The lowest BCUT2D eigenvalue weighted by atomic mass is 10.3. The zero-order valence-corrected chi connectivity index (χ0v) is 13.0. The molecule has 0 unspecified atom stereocenters. The minimum absolute atomic E-state index is 0.868. The van der Waals surface area contributed by atoms with Crippen LogP contribution in [-0.2, 0) is 6.42 Å². The van der Waals surface area contributed by atoms with Crippen LogP contribution in [0.3, 0.4) is 0 Å². The second-order valence-corrected chi connectivity index (χ2v) is 5.89. The van der Waals surface area contributed by atoms with E-state index >= 15 is 0 Å². The fourth-order valence-electron chi connectivity index (χ4n) is 2.20. The standard InChI is InChI=1S/C16H18N4S/c1-3-6-13-19-14(17-2)10-16(20-13)21-15-9-11-7-4-5-8-12(11)18-15/h4-5,7-10,18H,3,6H2,1-2H3,(H,17,19,20). The average Bonchev–Trinajstić information content (AvgIpc) is 2.89. The van der Waals surface area contributed by atoms with Crippen LogP contribution in [0.2, 0.25) is 0 Å². The minimum Gasteiger partial charge on any atom is -0.373 e. The van der Waals surface area contributed by atoms with Gasteiger partial charge in [-0.05, 0) is 18.6 Å². The number of H-pyrrole nitrogens is 1. The predicted octanol–water partition coefficient (Wildman–Crippen LogP) is 4.10. The molecule has 1 aromatic carbocycles. The lowest BCUT2D eigenvalue weighted by Crippen LogP contribution is -2.01. The Balaban J connectivity index is 1.90. The van der Waals surface area contributed by atoms with Gasteiger partial charge in [0.15, 0.2) is 0 Å². The molecule has 0 atom stereocenters. The van der Waals surface area contributed by atoms with Crippen molar-refractivity contribution in [1.82, 2.24) is 15.0 Å². The Morgan fingerprint density at radius 1 is 1.19 bits per heavy atom. The van der Waals surface area contributed by atoms with Crippen LogP contribution in [-0.4, -0.2) is 22.0 Å². The molecule has 0 bridgehead atoms. The quantitative estimate of drug-likeness (QED) is 0.696. The van der Waals surface area contributed by atoms with Gasteiger partial charge in [-0.3, -0.25) is 0 Å². The van der Waals surface area contributed by atoms with Crippen LogP contribution in [0.15, 0.2) is 46.5 Å². The molecule has 2 heterocycles. The van der Waals surface area contributed by atoms with Gasteiger partial charge in [-0.2, -0.15) is 0 Å². The van der Waals surface area contributed by atoms with Gasteiger partial charge in [0.25, 0.3) is 0 Å². The highest BCUT2D eigenvalue weighted by atomic mass is 32.2. The van der Waals surface area contributed by atoms with Crippen molar-refractivity contribution in [3.05, 3.63) is 42.2 Å². The number of anilines is 1. The van der Waals surface area contributed by atoms with E-state index in [9.17, 15) is 0 Å². The smallest absolute Gasteiger partial charge is 0.132 e. The number of fused-ring (bicyclic) bond motifs is 1. The zero-order valence-electron chi connectivity index (χ0n) is 12.2. The van der Waals surface area contributed by atoms with Crippen molar-refractivity contribution < 1.29 is 0 Å². The maximum atomic E-state index is 4.63. The van der Waals surface area contributed by atoms with Gasteiger partial charge >= 0.3 is 0 Å². The molecule has 3 aromatic rings. The van der Waals surface area contributed by atoms with E-state index in [4.69, 9.17) is 0 Å². The van der Waals surface area contributed by atoms with E-state index in [0.717, 1.165) is 40.1 Å². The number of para-hydroxylation sites is 1. The van der Waals surface area contributed by atoms with Gasteiger partial charge in [0.2, 0.25) is 0 Å². The van der Waals surface area contributed by atoms with E-state index < -0.39 is 0 Å². The van der Waals surface area contributed by atoms with Gasteiger partial charge in [0.1, 0.15) is 16.7 Å². The highest BCUT2D eigenvalue weighted by Crippen LogP contribution is 2.29. The summed E-state index contributed by atoms with van der Waals surface area (Å²) >= 11 is 1.64. The lowest BCUT2D eigenvalue weighted by molar-refractivity contribution is 0.811. The van der Waals surface area contributed by atoms with Crippen molar-refractivity contribution >= 4 is 28.5 Å². The molecule has 108 valence electrons. The molecule has 3 rings (SSSR count). The molecule has 0 aliphatic heterocycles. The molecular weight excluding hydrogens is 280 g/mol. The van der Waals surface area contributed by atoms with Crippen molar-refractivity contribution in [2.75, 3.05) is 12.4 Å². The molecule has 2 N–H and O–H groups in total. The predicted molar refractivity (Wildman–Crippen MR) is 88.0 cm³/mol. The number of hydrogen-bond donors (Lipinski definition) is 2. The average molecular weight is 298 g/mol. The largest absolute Gasteiger partial charge is 0.373 e. The van der Waals surface area contributed by atoms with Crippen molar-refractivity contribution in [3.63, 3.8) is 0 Å². The van der Waals surface area contributed by atoms with Crippen LogP contribution in [0.25, 0.3) is 10.9 Å². The third-order valence-electron chi connectivity index (χ3n) is 3.20. The Bertz CT molecular complexity index is 718.